The van der Waals surface area contributed by atoms with Crippen LogP contribution in [-0.2, 0) is 14.4 Å². The molecule has 10 heteroatoms. The maximum atomic E-state index is 12.9. The van der Waals surface area contributed by atoms with Crippen molar-refractivity contribution in [2.45, 2.75) is 16.2 Å². The molecule has 4 rings (SSSR count). The zero-order valence-corrected chi connectivity index (χ0v) is 15.6. The molecule has 0 spiro atoms. The molecule has 0 aliphatic carbocycles. The third kappa shape index (κ3) is 2.85. The summed E-state index contributed by atoms with van der Waals surface area (Å²) in [5.41, 5.74) is 0.765. The number of amides is 2. The molecule has 1 saturated heterocycles. The SMILES string of the molecule is COc1ccc([C@H]2c3sc(=O)[nH]c3S[C@@H]3C(=O)N(CC(=O)O)C(=O)[C@H]23)cc1. The van der Waals surface area contributed by atoms with Crippen molar-refractivity contribution in [2.24, 2.45) is 5.92 Å². The number of carboxylic acids is 1. The molecule has 0 bridgehead atoms. The van der Waals surface area contributed by atoms with Crippen molar-refractivity contribution in [2.75, 3.05) is 13.7 Å². The summed E-state index contributed by atoms with van der Waals surface area (Å²) >= 11 is 2.13. The highest BCUT2D eigenvalue weighted by atomic mass is 32.2. The van der Waals surface area contributed by atoms with Crippen LogP contribution in [0, 0.1) is 5.92 Å². The highest BCUT2D eigenvalue weighted by molar-refractivity contribution is 8.00. The lowest BCUT2D eigenvalue weighted by Gasteiger charge is -2.29. The zero-order chi connectivity index (χ0) is 19.3. The number of imide groups is 1. The number of aliphatic carboxylic acids is 1. The summed E-state index contributed by atoms with van der Waals surface area (Å²) in [4.78, 5) is 52.6. The number of hydrogen-bond donors (Lipinski definition) is 2. The van der Waals surface area contributed by atoms with E-state index in [4.69, 9.17) is 9.84 Å². The van der Waals surface area contributed by atoms with Crippen molar-refractivity contribution in [3.05, 3.63) is 44.4 Å². The summed E-state index contributed by atoms with van der Waals surface area (Å²) < 4.78 is 5.16. The standard InChI is InChI=1S/C17H14N2O6S2/c1-25-8-4-2-7(3-5-8)10-11-13(26-14-12(10)27-17(24)18-14)16(23)19(15(11)22)6-9(20)21/h2-5,10-11,13H,6H2,1H3,(H,18,24)(H,20,21)/t10-,11-,13+/m1/s1. The third-order valence-corrected chi connectivity index (χ3v) is 7.08. The molecular formula is C17H14N2O6S2. The number of carbonyl (C=O) groups is 3. The molecule has 2 N–H and O–H groups in total. The Kier molecular flexibility index (Phi) is 4.31. The zero-order valence-electron chi connectivity index (χ0n) is 14.0. The van der Waals surface area contributed by atoms with Crippen LogP contribution in [0.1, 0.15) is 16.4 Å². The summed E-state index contributed by atoms with van der Waals surface area (Å²) in [7, 11) is 1.54. The Morgan fingerprint density at radius 2 is 1.93 bits per heavy atom. The molecule has 2 aliphatic heterocycles. The maximum absolute atomic E-state index is 12.9. The molecule has 8 nitrogen and oxygen atoms in total. The number of H-pyrrole nitrogens is 1. The molecule has 3 heterocycles. The first kappa shape index (κ1) is 17.8. The Bertz CT molecular complexity index is 996. The summed E-state index contributed by atoms with van der Waals surface area (Å²) in [6, 6.07) is 7.08. The van der Waals surface area contributed by atoms with E-state index in [9.17, 15) is 19.2 Å². The Labute approximate surface area is 161 Å². The molecule has 2 amide bonds. The first-order valence-corrected chi connectivity index (χ1v) is 9.71. The fourth-order valence-corrected chi connectivity index (χ4v) is 6.07. The monoisotopic (exact) mass is 406 g/mol. The number of aromatic nitrogens is 1. The number of thiazole rings is 1. The van der Waals surface area contributed by atoms with Gasteiger partial charge in [0.15, 0.2) is 0 Å². The second-order valence-electron chi connectivity index (χ2n) is 6.18. The molecule has 2 aliphatic rings. The normalized spacial score (nSPS) is 23.9. The number of hydrogen-bond acceptors (Lipinski definition) is 7. The summed E-state index contributed by atoms with van der Waals surface area (Å²) in [6.45, 7) is -0.662. The molecule has 140 valence electrons. The number of nitrogens with one attached hydrogen (secondary N) is 1. The van der Waals surface area contributed by atoms with Crippen LogP contribution in [0.5, 0.6) is 5.75 Å². The summed E-state index contributed by atoms with van der Waals surface area (Å²) in [5, 5.41) is 8.84. The van der Waals surface area contributed by atoms with Gasteiger partial charge in [-0.2, -0.15) is 0 Å². The van der Waals surface area contributed by atoms with Crippen LogP contribution in [-0.4, -0.2) is 51.7 Å². The van der Waals surface area contributed by atoms with E-state index in [0.717, 1.165) is 33.6 Å². The maximum Gasteiger partial charge on any atom is 0.323 e. The Morgan fingerprint density at radius 3 is 2.56 bits per heavy atom. The van der Waals surface area contributed by atoms with Crippen LogP contribution >= 0.6 is 23.1 Å². The number of thioether (sulfide) groups is 1. The van der Waals surface area contributed by atoms with Gasteiger partial charge in [-0.3, -0.25) is 24.1 Å². The second-order valence-corrected chi connectivity index (χ2v) is 8.35. The Hall–Kier alpha value is -2.59. The van der Waals surface area contributed by atoms with Crippen molar-refractivity contribution in [3.8, 4) is 5.75 Å². The average Bonchev–Trinajstić information content (AvgIpc) is 3.12. The Morgan fingerprint density at radius 1 is 1.22 bits per heavy atom. The summed E-state index contributed by atoms with van der Waals surface area (Å²) in [6.07, 6.45) is 0. The van der Waals surface area contributed by atoms with Crippen LogP contribution in [0.3, 0.4) is 0 Å². The minimum atomic E-state index is -1.25. The largest absolute Gasteiger partial charge is 0.497 e. The van der Waals surface area contributed by atoms with Gasteiger partial charge in [-0.1, -0.05) is 35.2 Å². The van der Waals surface area contributed by atoms with Gasteiger partial charge in [0.25, 0.3) is 0 Å². The van der Waals surface area contributed by atoms with Crippen LogP contribution in [0.25, 0.3) is 0 Å². The predicted octanol–water partition coefficient (Wildman–Crippen LogP) is 1.12. The molecule has 0 saturated carbocycles. The number of carbonyl (C=O) groups excluding carboxylic acids is 2. The first-order valence-electron chi connectivity index (χ1n) is 8.01. The fraction of sp³-hybridized carbons (Fsp3) is 0.294. The van der Waals surface area contributed by atoms with Gasteiger partial charge in [-0.25, -0.2) is 0 Å². The second kappa shape index (κ2) is 6.54. The van der Waals surface area contributed by atoms with Crippen molar-refractivity contribution in [1.82, 2.24) is 9.88 Å². The van der Waals surface area contributed by atoms with Gasteiger partial charge in [-0.05, 0) is 17.7 Å². The lowest BCUT2D eigenvalue weighted by molar-refractivity contribution is -0.149. The topological polar surface area (TPSA) is 117 Å². The van der Waals surface area contributed by atoms with E-state index in [1.807, 2.05) is 0 Å². The van der Waals surface area contributed by atoms with E-state index in [1.165, 1.54) is 0 Å². The lowest BCUT2D eigenvalue weighted by atomic mass is 9.83. The third-order valence-electron chi connectivity index (χ3n) is 4.68. The molecule has 27 heavy (non-hydrogen) atoms. The molecule has 3 atom stereocenters. The van der Waals surface area contributed by atoms with Crippen molar-refractivity contribution < 1.29 is 24.2 Å². The molecular weight excluding hydrogens is 392 g/mol. The molecule has 0 unspecified atom stereocenters. The van der Waals surface area contributed by atoms with Crippen LogP contribution in [0.4, 0.5) is 0 Å². The number of carboxylic acid groups (broad SMARTS) is 1. The quantitative estimate of drug-likeness (QED) is 0.731. The van der Waals surface area contributed by atoms with E-state index in [2.05, 4.69) is 4.98 Å². The van der Waals surface area contributed by atoms with E-state index in [-0.39, 0.29) is 4.87 Å². The highest BCUT2D eigenvalue weighted by Crippen LogP contribution is 2.52. The van der Waals surface area contributed by atoms with Gasteiger partial charge < -0.3 is 14.8 Å². The van der Waals surface area contributed by atoms with Crippen LogP contribution in [0.15, 0.2) is 34.1 Å². The van der Waals surface area contributed by atoms with E-state index < -0.39 is 41.4 Å². The molecule has 0 radical (unpaired) electrons. The molecule has 1 aromatic carbocycles. The minimum absolute atomic E-state index is 0.256. The van der Waals surface area contributed by atoms with Crippen LogP contribution < -0.4 is 9.61 Å². The van der Waals surface area contributed by atoms with E-state index in [0.29, 0.717) is 15.7 Å². The van der Waals surface area contributed by atoms with Gasteiger partial charge >= 0.3 is 10.8 Å². The number of nitrogens with zero attached hydrogens (tertiary/aromatic N) is 1. The highest BCUT2D eigenvalue weighted by Gasteiger charge is 2.56. The number of fused-ring (bicyclic) bond motifs is 2. The number of benzene rings is 1. The van der Waals surface area contributed by atoms with E-state index >= 15 is 0 Å². The lowest BCUT2D eigenvalue weighted by Crippen LogP contribution is -2.36. The van der Waals surface area contributed by atoms with Crippen molar-refractivity contribution in [1.29, 1.82) is 0 Å². The van der Waals surface area contributed by atoms with Crippen molar-refractivity contribution >= 4 is 40.9 Å². The number of rotatable bonds is 4. The van der Waals surface area contributed by atoms with E-state index in [1.54, 1.807) is 31.4 Å². The summed E-state index contributed by atoms with van der Waals surface area (Å²) in [5.74, 6) is -2.92. The smallest absolute Gasteiger partial charge is 0.323 e. The number of methoxy groups -OCH3 is 1. The van der Waals surface area contributed by atoms with Gasteiger partial charge in [0.1, 0.15) is 17.5 Å². The molecule has 2 aromatic rings. The molecule has 1 fully saturated rings. The minimum Gasteiger partial charge on any atom is -0.497 e. The van der Waals surface area contributed by atoms with Gasteiger partial charge in [0.2, 0.25) is 11.8 Å². The van der Waals surface area contributed by atoms with Gasteiger partial charge in [0, 0.05) is 10.8 Å². The van der Waals surface area contributed by atoms with Crippen molar-refractivity contribution in [3.63, 3.8) is 0 Å². The molecule has 1 aromatic heterocycles. The van der Waals surface area contributed by atoms with Crippen LogP contribution in [0.2, 0.25) is 0 Å². The number of aromatic amines is 1. The number of ether oxygens (including phenoxy) is 1. The van der Waals surface area contributed by atoms with Gasteiger partial charge in [0.05, 0.1) is 18.1 Å². The number of likely N-dealkylation sites (tertiary alicyclic amines) is 1. The average molecular weight is 406 g/mol. The first-order chi connectivity index (χ1) is 12.9. The predicted molar refractivity (Wildman–Crippen MR) is 97.3 cm³/mol. The Balaban J connectivity index is 1.83. The van der Waals surface area contributed by atoms with Gasteiger partial charge in [-0.15, -0.1) is 0 Å². The fourth-order valence-electron chi connectivity index (χ4n) is 3.54.